The number of ether oxygens (including phenoxy) is 1. The highest BCUT2D eigenvalue weighted by Crippen LogP contribution is 2.33. The van der Waals surface area contributed by atoms with Gasteiger partial charge < -0.3 is 9.15 Å². The highest BCUT2D eigenvalue weighted by molar-refractivity contribution is 5.85. The van der Waals surface area contributed by atoms with E-state index in [0.717, 1.165) is 48.1 Å². The van der Waals surface area contributed by atoms with Crippen LogP contribution in [0.4, 0.5) is 0 Å². The zero-order valence-electron chi connectivity index (χ0n) is 15.0. The van der Waals surface area contributed by atoms with Crippen molar-refractivity contribution in [3.8, 4) is 5.75 Å². The van der Waals surface area contributed by atoms with Gasteiger partial charge in [0.2, 0.25) is 0 Å². The fraction of sp³-hybridized carbons (Fsp3) is 0.318. The molecule has 0 N–H and O–H groups in total. The van der Waals surface area contributed by atoms with Gasteiger partial charge in [-0.2, -0.15) is 0 Å². The zero-order valence-corrected chi connectivity index (χ0v) is 15.0. The van der Waals surface area contributed by atoms with Crippen molar-refractivity contribution < 1.29 is 9.15 Å². The maximum Gasteiger partial charge on any atom is 0.336 e. The van der Waals surface area contributed by atoms with Crippen LogP contribution in [0.5, 0.6) is 5.75 Å². The van der Waals surface area contributed by atoms with Crippen LogP contribution >= 0.6 is 0 Å². The van der Waals surface area contributed by atoms with Crippen LogP contribution in [0.2, 0.25) is 0 Å². The van der Waals surface area contributed by atoms with Gasteiger partial charge in [0.15, 0.2) is 0 Å². The summed E-state index contributed by atoms with van der Waals surface area (Å²) >= 11 is 0. The Balaban J connectivity index is 1.70. The number of aryl methyl sites for hydroxylation is 1. The van der Waals surface area contributed by atoms with E-state index in [2.05, 4.69) is 24.0 Å². The number of nitrogens with zero attached hydrogens (tertiary/aromatic N) is 1. The zero-order chi connectivity index (χ0) is 17.9. The van der Waals surface area contributed by atoms with E-state index in [-0.39, 0.29) is 5.63 Å². The summed E-state index contributed by atoms with van der Waals surface area (Å²) in [6.07, 6.45) is 3.05. The largest absolute Gasteiger partial charge is 0.478 e. The van der Waals surface area contributed by atoms with Crippen LogP contribution in [0.1, 0.15) is 36.5 Å². The number of hydrogen-bond donors (Lipinski definition) is 0. The smallest absolute Gasteiger partial charge is 0.336 e. The quantitative estimate of drug-likeness (QED) is 0.637. The molecule has 0 atom stereocenters. The van der Waals surface area contributed by atoms with Gasteiger partial charge in [-0.25, -0.2) is 4.79 Å². The Morgan fingerprint density at radius 3 is 2.77 bits per heavy atom. The predicted octanol–water partition coefficient (Wildman–Crippen LogP) is 4.49. The molecule has 1 aliphatic rings. The molecule has 4 rings (SSSR count). The number of unbranched alkanes of at least 4 members (excludes halogenated alkanes) is 1. The monoisotopic (exact) mass is 349 g/mol. The third-order valence-electron chi connectivity index (χ3n) is 4.89. The summed E-state index contributed by atoms with van der Waals surface area (Å²) in [4.78, 5) is 14.3. The summed E-state index contributed by atoms with van der Waals surface area (Å²) in [6, 6.07) is 16.0. The van der Waals surface area contributed by atoms with Gasteiger partial charge in [-0.3, -0.25) is 4.90 Å². The van der Waals surface area contributed by atoms with Gasteiger partial charge in [-0.1, -0.05) is 43.7 Å². The first-order valence-corrected chi connectivity index (χ1v) is 9.22. The minimum atomic E-state index is -0.280. The molecule has 0 radical (unpaired) electrons. The van der Waals surface area contributed by atoms with Crippen molar-refractivity contribution in [2.24, 2.45) is 0 Å². The Morgan fingerprint density at radius 2 is 1.96 bits per heavy atom. The molecule has 0 bridgehead atoms. The van der Waals surface area contributed by atoms with E-state index in [1.165, 1.54) is 5.56 Å². The minimum Gasteiger partial charge on any atom is -0.478 e. The molecule has 2 heterocycles. The molecule has 0 saturated heterocycles. The van der Waals surface area contributed by atoms with E-state index < -0.39 is 0 Å². The molecule has 0 spiro atoms. The van der Waals surface area contributed by atoms with Crippen LogP contribution in [0.3, 0.4) is 0 Å². The van der Waals surface area contributed by atoms with Crippen LogP contribution in [0.25, 0.3) is 11.0 Å². The predicted molar refractivity (Wildman–Crippen MR) is 102 cm³/mol. The van der Waals surface area contributed by atoms with E-state index in [0.29, 0.717) is 18.9 Å². The summed E-state index contributed by atoms with van der Waals surface area (Å²) in [5, 5.41) is 1.03. The minimum absolute atomic E-state index is 0.280. The Hall–Kier alpha value is -2.59. The molecule has 0 aliphatic carbocycles. The molecule has 1 aliphatic heterocycles. The van der Waals surface area contributed by atoms with Gasteiger partial charge in [0.25, 0.3) is 0 Å². The van der Waals surface area contributed by atoms with Crippen molar-refractivity contribution in [2.75, 3.05) is 6.73 Å². The van der Waals surface area contributed by atoms with Crippen molar-refractivity contribution in [3.63, 3.8) is 0 Å². The molecule has 0 saturated carbocycles. The Morgan fingerprint density at radius 1 is 1.12 bits per heavy atom. The third kappa shape index (κ3) is 3.37. The van der Waals surface area contributed by atoms with Crippen molar-refractivity contribution in [2.45, 2.75) is 39.3 Å². The first-order valence-electron chi connectivity index (χ1n) is 9.22. The van der Waals surface area contributed by atoms with E-state index >= 15 is 0 Å². The molecule has 4 nitrogen and oxygen atoms in total. The Bertz CT molecular complexity index is 962. The maximum atomic E-state index is 12.1. The molecule has 0 unspecified atom stereocenters. The molecule has 26 heavy (non-hydrogen) atoms. The highest BCUT2D eigenvalue weighted by atomic mass is 16.5. The lowest BCUT2D eigenvalue weighted by atomic mass is 10.0. The Kier molecular flexibility index (Phi) is 4.76. The summed E-state index contributed by atoms with van der Waals surface area (Å²) in [5.74, 6) is 0.817. The van der Waals surface area contributed by atoms with Crippen LogP contribution in [-0.2, 0) is 19.5 Å². The third-order valence-corrected chi connectivity index (χ3v) is 4.89. The average molecular weight is 349 g/mol. The Labute approximate surface area is 153 Å². The fourth-order valence-corrected chi connectivity index (χ4v) is 3.56. The van der Waals surface area contributed by atoms with E-state index in [9.17, 15) is 4.79 Å². The van der Waals surface area contributed by atoms with Gasteiger partial charge in [0.1, 0.15) is 18.1 Å². The van der Waals surface area contributed by atoms with Crippen LogP contribution in [0.15, 0.2) is 57.7 Å². The van der Waals surface area contributed by atoms with Crippen LogP contribution < -0.4 is 10.4 Å². The highest BCUT2D eigenvalue weighted by Gasteiger charge is 2.22. The first-order chi connectivity index (χ1) is 12.7. The maximum absolute atomic E-state index is 12.1. The van der Waals surface area contributed by atoms with E-state index in [1.807, 2.05) is 30.3 Å². The van der Waals surface area contributed by atoms with Gasteiger partial charge in [0, 0.05) is 24.5 Å². The number of fused-ring (bicyclic) bond motifs is 3. The summed E-state index contributed by atoms with van der Waals surface area (Å²) in [7, 11) is 0. The molecule has 2 aromatic carbocycles. The van der Waals surface area contributed by atoms with E-state index in [1.54, 1.807) is 6.07 Å². The lowest BCUT2D eigenvalue weighted by Gasteiger charge is -2.29. The molecule has 4 heteroatoms. The van der Waals surface area contributed by atoms with Crippen molar-refractivity contribution in [3.05, 3.63) is 75.6 Å². The average Bonchev–Trinajstić information content (AvgIpc) is 2.67. The first kappa shape index (κ1) is 16.9. The fourth-order valence-electron chi connectivity index (χ4n) is 3.56. The van der Waals surface area contributed by atoms with Crippen molar-refractivity contribution in [1.29, 1.82) is 0 Å². The number of benzene rings is 2. The van der Waals surface area contributed by atoms with Gasteiger partial charge in [0.05, 0.1) is 5.56 Å². The van der Waals surface area contributed by atoms with Gasteiger partial charge in [-0.15, -0.1) is 0 Å². The van der Waals surface area contributed by atoms with Crippen molar-refractivity contribution >= 4 is 11.0 Å². The van der Waals surface area contributed by atoms with Crippen LogP contribution in [-0.4, -0.2) is 11.6 Å². The molecule has 0 amide bonds. The topological polar surface area (TPSA) is 42.7 Å². The van der Waals surface area contributed by atoms with Crippen molar-refractivity contribution in [1.82, 2.24) is 4.90 Å². The molecule has 0 fully saturated rings. The molecule has 134 valence electrons. The summed E-state index contributed by atoms with van der Waals surface area (Å²) in [6.45, 7) is 4.20. The van der Waals surface area contributed by atoms with Gasteiger partial charge in [-0.05, 0) is 36.1 Å². The summed E-state index contributed by atoms with van der Waals surface area (Å²) < 4.78 is 11.6. The number of hydrogen-bond acceptors (Lipinski definition) is 4. The normalized spacial score (nSPS) is 14.2. The lowest BCUT2D eigenvalue weighted by molar-refractivity contribution is 0.0889. The second-order valence-corrected chi connectivity index (χ2v) is 6.86. The van der Waals surface area contributed by atoms with Crippen LogP contribution in [0, 0.1) is 0 Å². The SMILES string of the molecule is CCCCc1cc(=O)oc2c3c(ccc12)OCN(Cc1ccccc1)C3. The molecule has 3 aromatic rings. The summed E-state index contributed by atoms with van der Waals surface area (Å²) in [5.41, 5.74) is 3.68. The molecular formula is C22H23NO3. The standard InChI is InChI=1S/C22H23NO3/c1-2-3-9-17-12-21(24)26-22-18(17)10-11-20-19(22)14-23(15-25-20)13-16-7-5-4-6-8-16/h4-8,10-12H,2-3,9,13-15H2,1H3. The van der Waals surface area contributed by atoms with Gasteiger partial charge >= 0.3 is 5.63 Å². The second kappa shape index (κ2) is 7.34. The second-order valence-electron chi connectivity index (χ2n) is 6.86. The van der Waals surface area contributed by atoms with E-state index in [4.69, 9.17) is 9.15 Å². The molecular weight excluding hydrogens is 326 g/mol. The molecule has 1 aromatic heterocycles. The number of rotatable bonds is 5. The lowest BCUT2D eigenvalue weighted by Crippen LogP contribution is -2.31.